The van der Waals surface area contributed by atoms with Gasteiger partial charge in [-0.3, -0.25) is 10.1 Å². The molecule has 9 nitrogen and oxygen atoms in total. The van der Waals surface area contributed by atoms with Gasteiger partial charge in [-0.15, -0.1) is 0 Å². The van der Waals surface area contributed by atoms with Crippen LogP contribution in [0.3, 0.4) is 0 Å². The Kier molecular flexibility index (Phi) is 8.68. The van der Waals surface area contributed by atoms with Crippen LogP contribution in [-0.4, -0.2) is 30.1 Å². The molecule has 164 valence electrons. The minimum absolute atomic E-state index is 0.0950. The fraction of sp³-hybridized carbons (Fsp3) is 0.174. The molecular weight excluding hydrogens is 416 g/mol. The Bertz CT molecular complexity index is 1110. The van der Waals surface area contributed by atoms with Gasteiger partial charge in [0.2, 0.25) is 0 Å². The lowest BCUT2D eigenvalue weighted by Gasteiger charge is -2.10. The van der Waals surface area contributed by atoms with Gasteiger partial charge in [0.25, 0.3) is 5.69 Å². The summed E-state index contributed by atoms with van der Waals surface area (Å²) in [5.74, 6) is -1.09. The minimum atomic E-state index is -0.741. The van der Waals surface area contributed by atoms with Gasteiger partial charge in [-0.25, -0.2) is 9.59 Å². The van der Waals surface area contributed by atoms with E-state index in [2.05, 4.69) is 0 Å². The van der Waals surface area contributed by atoms with E-state index < -0.39 is 16.9 Å². The molecule has 0 heterocycles. The monoisotopic (exact) mass is 436 g/mol. The Balaban J connectivity index is 2.21. The molecule has 0 saturated carbocycles. The molecule has 2 aromatic carbocycles. The second-order valence-electron chi connectivity index (χ2n) is 6.14. The first-order chi connectivity index (χ1) is 15.4. The van der Waals surface area contributed by atoms with Crippen molar-refractivity contribution in [3.63, 3.8) is 0 Å². The molecule has 0 bridgehead atoms. The maximum absolute atomic E-state index is 12.2. The highest BCUT2D eigenvalue weighted by atomic mass is 16.6. The van der Waals surface area contributed by atoms with Gasteiger partial charge >= 0.3 is 11.9 Å². The Labute approximate surface area is 184 Å². The number of benzene rings is 2. The first-order valence-electron chi connectivity index (χ1n) is 9.58. The van der Waals surface area contributed by atoms with E-state index in [0.717, 1.165) is 6.08 Å². The van der Waals surface area contributed by atoms with Gasteiger partial charge in [0.15, 0.2) is 11.5 Å². The van der Waals surface area contributed by atoms with E-state index in [0.29, 0.717) is 11.1 Å². The molecule has 0 unspecified atom stereocenters. The number of non-ortho nitro benzene ring substituents is 1. The molecule has 2 aromatic rings. The van der Waals surface area contributed by atoms with Crippen LogP contribution in [0.4, 0.5) is 5.69 Å². The van der Waals surface area contributed by atoms with Crippen LogP contribution in [0.1, 0.15) is 25.0 Å². The summed E-state index contributed by atoms with van der Waals surface area (Å²) in [4.78, 5) is 34.3. The van der Waals surface area contributed by atoms with Crippen molar-refractivity contribution >= 4 is 29.8 Å². The maximum atomic E-state index is 12.2. The van der Waals surface area contributed by atoms with Crippen molar-refractivity contribution in [3.05, 3.63) is 75.4 Å². The van der Waals surface area contributed by atoms with Crippen molar-refractivity contribution in [2.45, 2.75) is 13.8 Å². The number of nitro groups is 1. The van der Waals surface area contributed by atoms with Crippen LogP contribution < -0.4 is 9.47 Å². The SMILES string of the molecule is CCOC(=O)/C(C#N)=C/c1ccc(OC(=O)/C=C/c2cccc([N+](=O)[O-])c2)c(OCC)c1. The van der Waals surface area contributed by atoms with Gasteiger partial charge in [-0.2, -0.15) is 5.26 Å². The summed E-state index contributed by atoms with van der Waals surface area (Å²) in [6.07, 6.45) is 3.87. The van der Waals surface area contributed by atoms with Gasteiger partial charge in [0.1, 0.15) is 11.6 Å². The van der Waals surface area contributed by atoms with Crippen molar-refractivity contribution in [2.24, 2.45) is 0 Å². The van der Waals surface area contributed by atoms with E-state index in [1.165, 1.54) is 42.5 Å². The second-order valence-corrected chi connectivity index (χ2v) is 6.14. The lowest BCUT2D eigenvalue weighted by molar-refractivity contribution is -0.384. The van der Waals surface area contributed by atoms with Crippen molar-refractivity contribution in [2.75, 3.05) is 13.2 Å². The smallest absolute Gasteiger partial charge is 0.348 e. The zero-order valence-corrected chi connectivity index (χ0v) is 17.4. The highest BCUT2D eigenvalue weighted by molar-refractivity contribution is 5.98. The first kappa shape index (κ1) is 23.8. The molecule has 0 saturated heterocycles. The molecule has 0 amide bonds. The number of nitriles is 1. The van der Waals surface area contributed by atoms with E-state index in [4.69, 9.17) is 19.5 Å². The predicted octanol–water partition coefficient (Wildman–Crippen LogP) is 4.08. The highest BCUT2D eigenvalue weighted by Gasteiger charge is 2.13. The van der Waals surface area contributed by atoms with Gasteiger partial charge < -0.3 is 14.2 Å². The number of carbonyl (C=O) groups is 2. The molecule has 0 N–H and O–H groups in total. The van der Waals surface area contributed by atoms with E-state index >= 15 is 0 Å². The quantitative estimate of drug-likeness (QED) is 0.144. The summed E-state index contributed by atoms with van der Waals surface area (Å²) in [6.45, 7) is 3.80. The predicted molar refractivity (Wildman–Crippen MR) is 116 cm³/mol. The number of nitro benzene ring substituents is 1. The zero-order chi connectivity index (χ0) is 23.5. The summed E-state index contributed by atoms with van der Waals surface area (Å²) >= 11 is 0. The van der Waals surface area contributed by atoms with Crippen molar-refractivity contribution in [1.29, 1.82) is 5.26 Å². The van der Waals surface area contributed by atoms with Crippen LogP contribution in [0.15, 0.2) is 54.1 Å². The molecular formula is C23H20N2O7. The Morgan fingerprint density at radius 1 is 1.09 bits per heavy atom. The Morgan fingerprint density at radius 3 is 2.53 bits per heavy atom. The summed E-state index contributed by atoms with van der Waals surface area (Å²) in [5, 5.41) is 20.0. The maximum Gasteiger partial charge on any atom is 0.348 e. The van der Waals surface area contributed by atoms with Crippen molar-refractivity contribution in [3.8, 4) is 17.6 Å². The molecule has 0 atom stereocenters. The number of nitrogens with zero attached hydrogens (tertiary/aromatic N) is 2. The van der Waals surface area contributed by atoms with E-state index in [-0.39, 0.29) is 36.0 Å². The third-order valence-electron chi connectivity index (χ3n) is 3.90. The molecule has 0 aromatic heterocycles. The van der Waals surface area contributed by atoms with Crippen molar-refractivity contribution < 1.29 is 28.7 Å². The summed E-state index contributed by atoms with van der Waals surface area (Å²) in [6, 6.07) is 12.1. The molecule has 0 spiro atoms. The summed E-state index contributed by atoms with van der Waals surface area (Å²) in [7, 11) is 0. The Morgan fingerprint density at radius 2 is 1.88 bits per heavy atom. The lowest BCUT2D eigenvalue weighted by atomic mass is 10.1. The second kappa shape index (κ2) is 11.7. The highest BCUT2D eigenvalue weighted by Crippen LogP contribution is 2.30. The number of esters is 2. The standard InChI is InChI=1S/C23H20N2O7/c1-3-30-21-14-17(12-18(15-24)23(27)31-4-2)8-10-20(21)32-22(26)11-9-16-6-5-7-19(13-16)25(28)29/h5-14H,3-4H2,1-2H3/b11-9+,18-12+. The fourth-order valence-electron chi connectivity index (χ4n) is 2.53. The molecule has 0 aliphatic rings. The largest absolute Gasteiger partial charge is 0.490 e. The van der Waals surface area contributed by atoms with Crippen LogP contribution in [0.25, 0.3) is 12.2 Å². The normalized spacial score (nSPS) is 11.0. The van der Waals surface area contributed by atoms with E-state index in [9.17, 15) is 19.7 Å². The first-order valence-corrected chi connectivity index (χ1v) is 9.58. The topological polar surface area (TPSA) is 129 Å². The van der Waals surface area contributed by atoms with Crippen LogP contribution in [0, 0.1) is 21.4 Å². The molecule has 9 heteroatoms. The molecule has 32 heavy (non-hydrogen) atoms. The number of rotatable bonds is 9. The van der Waals surface area contributed by atoms with Crippen LogP contribution in [0.5, 0.6) is 11.5 Å². The van der Waals surface area contributed by atoms with Crippen LogP contribution in [-0.2, 0) is 14.3 Å². The summed E-state index contributed by atoms with van der Waals surface area (Å²) in [5.41, 5.74) is 0.663. The average molecular weight is 436 g/mol. The molecule has 0 aliphatic carbocycles. The van der Waals surface area contributed by atoms with Gasteiger partial charge in [0.05, 0.1) is 18.1 Å². The number of hydrogen-bond donors (Lipinski definition) is 0. The molecule has 0 fully saturated rings. The van der Waals surface area contributed by atoms with Gasteiger partial charge in [-0.1, -0.05) is 18.2 Å². The van der Waals surface area contributed by atoms with Gasteiger partial charge in [0, 0.05) is 18.2 Å². The van der Waals surface area contributed by atoms with Crippen LogP contribution >= 0.6 is 0 Å². The number of ether oxygens (including phenoxy) is 3. The van der Waals surface area contributed by atoms with E-state index in [1.54, 1.807) is 32.0 Å². The third-order valence-corrected chi connectivity index (χ3v) is 3.90. The summed E-state index contributed by atoms with van der Waals surface area (Å²) < 4.78 is 15.6. The zero-order valence-electron chi connectivity index (χ0n) is 17.4. The Hall–Kier alpha value is -4.45. The minimum Gasteiger partial charge on any atom is -0.490 e. The van der Waals surface area contributed by atoms with Gasteiger partial charge in [-0.05, 0) is 49.3 Å². The fourth-order valence-corrected chi connectivity index (χ4v) is 2.53. The third kappa shape index (κ3) is 6.81. The molecule has 2 rings (SSSR count). The lowest BCUT2D eigenvalue weighted by Crippen LogP contribution is -2.07. The number of carbonyl (C=O) groups excluding carboxylic acids is 2. The average Bonchev–Trinajstić information content (AvgIpc) is 2.78. The van der Waals surface area contributed by atoms with Crippen molar-refractivity contribution in [1.82, 2.24) is 0 Å². The number of hydrogen-bond acceptors (Lipinski definition) is 8. The molecule has 0 aliphatic heterocycles. The molecule has 0 radical (unpaired) electrons. The van der Waals surface area contributed by atoms with E-state index in [1.807, 2.05) is 0 Å². The van der Waals surface area contributed by atoms with Crippen LogP contribution in [0.2, 0.25) is 0 Å².